The van der Waals surface area contributed by atoms with E-state index < -0.39 is 0 Å². The van der Waals surface area contributed by atoms with Gasteiger partial charge < -0.3 is 15.2 Å². The van der Waals surface area contributed by atoms with Gasteiger partial charge in [0.15, 0.2) is 0 Å². The molecule has 0 amide bonds. The zero-order valence-electron chi connectivity index (χ0n) is 11.8. The van der Waals surface area contributed by atoms with Crippen LogP contribution in [0.4, 0.5) is 0 Å². The van der Waals surface area contributed by atoms with Crippen LogP contribution in [0, 0.1) is 5.92 Å². The highest BCUT2D eigenvalue weighted by Crippen LogP contribution is 2.23. The zero-order valence-corrected chi connectivity index (χ0v) is 11.8. The van der Waals surface area contributed by atoms with E-state index in [4.69, 9.17) is 15.2 Å². The summed E-state index contributed by atoms with van der Waals surface area (Å²) < 4.78 is 10.8. The maximum absolute atomic E-state index is 6.21. The molecule has 18 heavy (non-hydrogen) atoms. The third-order valence-corrected chi connectivity index (χ3v) is 2.77. The minimum atomic E-state index is 0.0332. The Morgan fingerprint density at radius 3 is 2.56 bits per heavy atom. The summed E-state index contributed by atoms with van der Waals surface area (Å²) in [7, 11) is 1.72. The minimum Gasteiger partial charge on any atom is -0.491 e. The summed E-state index contributed by atoms with van der Waals surface area (Å²) in [6.07, 6.45) is 1.10. The van der Waals surface area contributed by atoms with Crippen LogP contribution in [0.2, 0.25) is 0 Å². The van der Waals surface area contributed by atoms with Crippen molar-refractivity contribution in [2.24, 2.45) is 11.7 Å². The van der Waals surface area contributed by atoms with Gasteiger partial charge in [-0.05, 0) is 43.9 Å². The highest BCUT2D eigenvalue weighted by atomic mass is 16.5. The van der Waals surface area contributed by atoms with Crippen molar-refractivity contribution < 1.29 is 9.47 Å². The molecule has 0 radical (unpaired) electrons. The van der Waals surface area contributed by atoms with Crippen LogP contribution in [0.15, 0.2) is 24.3 Å². The SMILES string of the molecule is COCC(C)CC(N)c1cccc(OC(C)C)c1. The fraction of sp³-hybridized carbons (Fsp3) is 0.600. The molecule has 0 saturated carbocycles. The van der Waals surface area contributed by atoms with E-state index in [-0.39, 0.29) is 12.1 Å². The normalized spacial score (nSPS) is 14.6. The largest absolute Gasteiger partial charge is 0.491 e. The summed E-state index contributed by atoms with van der Waals surface area (Å²) in [4.78, 5) is 0. The quantitative estimate of drug-likeness (QED) is 0.809. The first-order valence-corrected chi connectivity index (χ1v) is 6.54. The number of hydrogen-bond donors (Lipinski definition) is 1. The highest BCUT2D eigenvalue weighted by molar-refractivity contribution is 5.30. The lowest BCUT2D eigenvalue weighted by Crippen LogP contribution is -2.17. The van der Waals surface area contributed by atoms with Gasteiger partial charge in [0.25, 0.3) is 0 Å². The molecule has 1 aromatic rings. The van der Waals surface area contributed by atoms with Crippen LogP contribution in [0.25, 0.3) is 0 Å². The fourth-order valence-electron chi connectivity index (χ4n) is 2.01. The molecule has 0 bridgehead atoms. The Balaban J connectivity index is 2.64. The van der Waals surface area contributed by atoms with Crippen LogP contribution in [-0.4, -0.2) is 19.8 Å². The van der Waals surface area contributed by atoms with Gasteiger partial charge in [-0.3, -0.25) is 0 Å². The molecule has 0 aromatic heterocycles. The lowest BCUT2D eigenvalue weighted by atomic mass is 9.97. The second-order valence-electron chi connectivity index (χ2n) is 5.14. The maximum atomic E-state index is 6.21. The van der Waals surface area contributed by atoms with Crippen LogP contribution >= 0.6 is 0 Å². The summed E-state index contributed by atoms with van der Waals surface area (Å²) in [5, 5.41) is 0. The second kappa shape index (κ2) is 7.39. The topological polar surface area (TPSA) is 44.5 Å². The molecule has 1 rings (SSSR count). The molecule has 0 heterocycles. The van der Waals surface area contributed by atoms with E-state index in [0.29, 0.717) is 5.92 Å². The minimum absolute atomic E-state index is 0.0332. The van der Waals surface area contributed by atoms with Gasteiger partial charge in [0, 0.05) is 19.8 Å². The van der Waals surface area contributed by atoms with Crippen molar-refractivity contribution in [1.82, 2.24) is 0 Å². The van der Waals surface area contributed by atoms with E-state index in [1.54, 1.807) is 7.11 Å². The van der Waals surface area contributed by atoms with Gasteiger partial charge in [-0.1, -0.05) is 19.1 Å². The molecule has 0 aliphatic carbocycles. The smallest absolute Gasteiger partial charge is 0.120 e. The van der Waals surface area contributed by atoms with Crippen molar-refractivity contribution in [3.63, 3.8) is 0 Å². The number of hydrogen-bond acceptors (Lipinski definition) is 3. The Kier molecular flexibility index (Phi) is 6.16. The first-order valence-electron chi connectivity index (χ1n) is 6.54. The molecule has 102 valence electrons. The first kappa shape index (κ1) is 15.0. The van der Waals surface area contributed by atoms with Crippen molar-refractivity contribution in [2.75, 3.05) is 13.7 Å². The lowest BCUT2D eigenvalue weighted by molar-refractivity contribution is 0.152. The van der Waals surface area contributed by atoms with E-state index in [9.17, 15) is 0 Å². The first-order chi connectivity index (χ1) is 8.52. The van der Waals surface area contributed by atoms with Crippen LogP contribution in [0.1, 0.15) is 38.8 Å². The Morgan fingerprint density at radius 2 is 1.94 bits per heavy atom. The fourth-order valence-corrected chi connectivity index (χ4v) is 2.01. The van der Waals surface area contributed by atoms with Gasteiger partial charge in [0.2, 0.25) is 0 Å². The van der Waals surface area contributed by atoms with E-state index in [1.807, 2.05) is 32.0 Å². The Bertz CT molecular complexity index is 352. The summed E-state index contributed by atoms with van der Waals surface area (Å²) in [6.45, 7) is 6.94. The summed E-state index contributed by atoms with van der Waals surface area (Å²) in [5.41, 5.74) is 7.34. The molecule has 0 fully saturated rings. The predicted molar refractivity (Wildman–Crippen MR) is 74.8 cm³/mol. The van der Waals surface area contributed by atoms with Crippen molar-refractivity contribution in [1.29, 1.82) is 0 Å². The molecule has 0 aliphatic rings. The third-order valence-electron chi connectivity index (χ3n) is 2.77. The Morgan fingerprint density at radius 1 is 1.22 bits per heavy atom. The highest BCUT2D eigenvalue weighted by Gasteiger charge is 2.12. The lowest BCUT2D eigenvalue weighted by Gasteiger charge is -2.18. The van der Waals surface area contributed by atoms with Crippen molar-refractivity contribution >= 4 is 0 Å². The number of ether oxygens (including phenoxy) is 2. The van der Waals surface area contributed by atoms with Crippen molar-refractivity contribution in [3.05, 3.63) is 29.8 Å². The average Bonchev–Trinajstić information content (AvgIpc) is 2.28. The third kappa shape index (κ3) is 5.07. The van der Waals surface area contributed by atoms with Crippen LogP contribution in [0.3, 0.4) is 0 Å². The molecule has 0 saturated heterocycles. The van der Waals surface area contributed by atoms with Gasteiger partial charge in [0.1, 0.15) is 5.75 Å². The van der Waals surface area contributed by atoms with Gasteiger partial charge in [-0.2, -0.15) is 0 Å². The number of methoxy groups -OCH3 is 1. The Hall–Kier alpha value is -1.06. The van der Waals surface area contributed by atoms with Gasteiger partial charge in [-0.15, -0.1) is 0 Å². The van der Waals surface area contributed by atoms with Gasteiger partial charge in [0.05, 0.1) is 6.10 Å². The molecule has 2 unspecified atom stereocenters. The van der Waals surface area contributed by atoms with Gasteiger partial charge >= 0.3 is 0 Å². The molecule has 2 N–H and O–H groups in total. The van der Waals surface area contributed by atoms with Gasteiger partial charge in [-0.25, -0.2) is 0 Å². The molecule has 3 heteroatoms. The summed E-state index contributed by atoms with van der Waals surface area (Å²) in [5.74, 6) is 1.34. The second-order valence-corrected chi connectivity index (χ2v) is 5.14. The molecular formula is C15H25NO2. The predicted octanol–water partition coefficient (Wildman–Crippen LogP) is 3.15. The number of benzene rings is 1. The average molecular weight is 251 g/mol. The standard InChI is InChI=1S/C15H25NO2/c1-11(2)18-14-7-5-6-13(9-14)15(16)8-12(3)10-17-4/h5-7,9,11-12,15H,8,10,16H2,1-4H3. The summed E-state index contributed by atoms with van der Waals surface area (Å²) >= 11 is 0. The van der Waals surface area contributed by atoms with Crippen molar-refractivity contribution in [3.8, 4) is 5.75 Å². The van der Waals surface area contributed by atoms with E-state index in [1.165, 1.54) is 0 Å². The molecule has 2 atom stereocenters. The molecular weight excluding hydrogens is 226 g/mol. The van der Waals surface area contributed by atoms with Crippen LogP contribution in [0.5, 0.6) is 5.75 Å². The van der Waals surface area contributed by atoms with Crippen molar-refractivity contribution in [2.45, 2.75) is 39.3 Å². The van der Waals surface area contributed by atoms with E-state index >= 15 is 0 Å². The zero-order chi connectivity index (χ0) is 13.5. The molecule has 0 aliphatic heterocycles. The monoisotopic (exact) mass is 251 g/mol. The molecule has 1 aromatic carbocycles. The van der Waals surface area contributed by atoms with Crippen LogP contribution in [-0.2, 0) is 4.74 Å². The van der Waals surface area contributed by atoms with Crippen LogP contribution < -0.4 is 10.5 Å². The Labute approximate surface area is 110 Å². The number of rotatable bonds is 7. The summed E-state index contributed by atoms with van der Waals surface area (Å²) in [6, 6.07) is 8.08. The van der Waals surface area contributed by atoms with E-state index in [0.717, 1.165) is 24.3 Å². The van der Waals surface area contributed by atoms with E-state index in [2.05, 4.69) is 13.0 Å². The maximum Gasteiger partial charge on any atom is 0.120 e. The molecule has 0 spiro atoms. The number of nitrogens with two attached hydrogens (primary N) is 1. The molecule has 3 nitrogen and oxygen atoms in total.